The van der Waals surface area contributed by atoms with E-state index in [0.717, 1.165) is 48.0 Å². The first-order valence-corrected chi connectivity index (χ1v) is 14.3. The molecule has 198 valence electrons. The number of carbonyl (C=O) groups excluding carboxylic acids is 2. The minimum Gasteiger partial charge on any atom is -0.348 e. The molecule has 0 spiro atoms. The zero-order valence-electron chi connectivity index (χ0n) is 22.5. The maximum absolute atomic E-state index is 13.1. The average molecular weight is 508 g/mol. The molecule has 1 aromatic carbocycles. The van der Waals surface area contributed by atoms with E-state index >= 15 is 0 Å². The minimum absolute atomic E-state index is 0.0278. The third-order valence-electron chi connectivity index (χ3n) is 9.81. The molecule has 4 aliphatic rings. The number of rotatable bonds is 11. The number of aryl methyl sites for hydroxylation is 1. The van der Waals surface area contributed by atoms with Crippen LogP contribution in [-0.4, -0.2) is 11.7 Å². The van der Waals surface area contributed by atoms with Gasteiger partial charge in [-0.2, -0.15) is 0 Å². The van der Waals surface area contributed by atoms with Gasteiger partial charge in [-0.3, -0.25) is 9.59 Å². The molecule has 4 aliphatic carbocycles. The fourth-order valence-electron chi connectivity index (χ4n) is 7.71. The summed E-state index contributed by atoms with van der Waals surface area (Å²) in [7, 11) is 0. The third kappa shape index (κ3) is 5.08. The van der Waals surface area contributed by atoms with E-state index in [1.54, 1.807) is 0 Å². The largest absolute Gasteiger partial charge is 0.348 e. The van der Waals surface area contributed by atoms with Gasteiger partial charge >= 0.3 is 0 Å². The number of carbonyl (C=O) groups is 2. The van der Waals surface area contributed by atoms with E-state index in [0.29, 0.717) is 66.7 Å². The molecular formula is C35H41NO2. The molecule has 0 aromatic heterocycles. The molecule has 1 aromatic rings. The van der Waals surface area contributed by atoms with Crippen molar-refractivity contribution in [2.45, 2.75) is 45.1 Å². The number of hydrogen-bond acceptors (Lipinski definition) is 2. The maximum atomic E-state index is 13.1. The van der Waals surface area contributed by atoms with Gasteiger partial charge in [-0.15, -0.1) is 26.3 Å². The van der Waals surface area contributed by atoms with Crippen LogP contribution in [0.1, 0.15) is 43.2 Å². The fraction of sp³-hybridized carbons (Fsp3) is 0.429. The predicted octanol–water partition coefficient (Wildman–Crippen LogP) is 6.95. The van der Waals surface area contributed by atoms with E-state index < -0.39 is 0 Å². The molecule has 0 bridgehead atoms. The number of allylic oxidation sites excluding steroid dienone is 7. The minimum atomic E-state index is 0.0278. The highest BCUT2D eigenvalue weighted by molar-refractivity contribution is 5.96. The molecule has 5 rings (SSSR count). The van der Waals surface area contributed by atoms with Gasteiger partial charge in [0.25, 0.3) is 0 Å². The topological polar surface area (TPSA) is 46.2 Å². The Bertz CT molecular complexity index is 1110. The van der Waals surface area contributed by atoms with E-state index in [1.165, 1.54) is 0 Å². The summed E-state index contributed by atoms with van der Waals surface area (Å²) < 4.78 is 0. The molecule has 2 fully saturated rings. The van der Waals surface area contributed by atoms with Gasteiger partial charge in [0, 0.05) is 18.5 Å². The van der Waals surface area contributed by atoms with Crippen LogP contribution in [0, 0.1) is 47.3 Å². The number of nitrogens with one attached hydrogen (secondary N) is 1. The van der Waals surface area contributed by atoms with E-state index in [9.17, 15) is 9.59 Å². The van der Waals surface area contributed by atoms with Crippen LogP contribution in [0.4, 0.5) is 0 Å². The van der Waals surface area contributed by atoms with E-state index in [2.05, 4.69) is 74.1 Å². The van der Waals surface area contributed by atoms with Crippen LogP contribution in [0.3, 0.4) is 0 Å². The van der Waals surface area contributed by atoms with Gasteiger partial charge in [0.1, 0.15) is 0 Å². The molecule has 8 atom stereocenters. The lowest BCUT2D eigenvalue weighted by atomic mass is 9.89. The summed E-state index contributed by atoms with van der Waals surface area (Å²) in [6.07, 6.45) is 17.7. The second kappa shape index (κ2) is 11.3. The van der Waals surface area contributed by atoms with Gasteiger partial charge in [-0.25, -0.2) is 0 Å². The first kappa shape index (κ1) is 26.4. The van der Waals surface area contributed by atoms with Crippen LogP contribution >= 0.6 is 0 Å². The summed E-state index contributed by atoms with van der Waals surface area (Å²) in [5.74, 6) is 3.90. The highest BCUT2D eigenvalue weighted by Crippen LogP contribution is 2.51. The van der Waals surface area contributed by atoms with Crippen LogP contribution in [0.25, 0.3) is 0 Å². The van der Waals surface area contributed by atoms with Crippen molar-refractivity contribution in [2.24, 2.45) is 47.3 Å². The second-order valence-corrected chi connectivity index (χ2v) is 11.8. The normalized spacial score (nSPS) is 33.1. The lowest BCUT2D eigenvalue weighted by molar-refractivity contribution is -0.118. The van der Waals surface area contributed by atoms with Crippen molar-refractivity contribution < 1.29 is 9.59 Å². The van der Waals surface area contributed by atoms with Crippen molar-refractivity contribution in [1.82, 2.24) is 5.32 Å². The summed E-state index contributed by atoms with van der Waals surface area (Å²) in [6.45, 7) is 16.5. The summed E-state index contributed by atoms with van der Waals surface area (Å²) in [4.78, 5) is 26.0. The van der Waals surface area contributed by atoms with Gasteiger partial charge in [-0.05, 0) is 96.1 Å². The number of benzene rings is 1. The molecular weight excluding hydrogens is 466 g/mol. The first-order chi connectivity index (χ1) is 18.4. The molecule has 38 heavy (non-hydrogen) atoms. The maximum Gasteiger partial charge on any atom is 0.247 e. The lowest BCUT2D eigenvalue weighted by Crippen LogP contribution is -2.24. The van der Waals surface area contributed by atoms with Crippen molar-refractivity contribution in [1.29, 1.82) is 0 Å². The van der Waals surface area contributed by atoms with E-state index in [1.807, 2.05) is 18.2 Å². The Morgan fingerprint density at radius 3 is 1.95 bits per heavy atom. The summed E-state index contributed by atoms with van der Waals surface area (Å²) in [6, 6.07) is 8.25. The van der Waals surface area contributed by atoms with Gasteiger partial charge < -0.3 is 5.32 Å². The second-order valence-electron chi connectivity index (χ2n) is 11.8. The van der Waals surface area contributed by atoms with Crippen molar-refractivity contribution in [3.8, 4) is 0 Å². The Labute approximate surface area is 228 Å². The molecule has 0 heterocycles. The molecule has 3 heteroatoms. The van der Waals surface area contributed by atoms with Gasteiger partial charge in [0.05, 0.1) is 0 Å². The van der Waals surface area contributed by atoms with Crippen molar-refractivity contribution in [2.75, 3.05) is 0 Å². The first-order valence-electron chi connectivity index (χ1n) is 14.3. The summed E-state index contributed by atoms with van der Waals surface area (Å²) in [5, 5.41) is 3.12. The number of hydrogen-bond donors (Lipinski definition) is 1. The number of Topliss-reactive ketones (excluding diaryl/α,β-unsaturated/α-hetero) is 1. The monoisotopic (exact) mass is 507 g/mol. The third-order valence-corrected chi connectivity index (χ3v) is 9.81. The molecule has 2 saturated carbocycles. The van der Waals surface area contributed by atoms with Gasteiger partial charge in [0.2, 0.25) is 5.91 Å². The molecule has 1 N–H and O–H groups in total. The van der Waals surface area contributed by atoms with Crippen LogP contribution in [0.15, 0.2) is 98.2 Å². The molecule has 0 saturated heterocycles. The molecule has 8 unspecified atom stereocenters. The lowest BCUT2D eigenvalue weighted by Gasteiger charge is -2.15. The Balaban J connectivity index is 1.14. The van der Waals surface area contributed by atoms with Crippen LogP contribution in [0.5, 0.6) is 0 Å². The van der Waals surface area contributed by atoms with Crippen molar-refractivity contribution in [3.63, 3.8) is 0 Å². The highest BCUT2D eigenvalue weighted by Gasteiger charge is 2.45. The fourth-order valence-corrected chi connectivity index (χ4v) is 7.71. The Morgan fingerprint density at radius 1 is 0.789 bits per heavy atom. The number of ketones is 1. The van der Waals surface area contributed by atoms with Crippen molar-refractivity contribution in [3.05, 3.63) is 109 Å². The zero-order chi connectivity index (χ0) is 26.8. The molecule has 0 aliphatic heterocycles. The smallest absolute Gasteiger partial charge is 0.247 e. The van der Waals surface area contributed by atoms with E-state index in [-0.39, 0.29) is 11.7 Å². The Kier molecular flexibility index (Phi) is 7.83. The molecule has 0 radical (unpaired) electrons. The van der Waals surface area contributed by atoms with Gasteiger partial charge in [0.15, 0.2) is 5.78 Å². The summed E-state index contributed by atoms with van der Waals surface area (Å²) >= 11 is 0. The number of amides is 1. The quantitative estimate of drug-likeness (QED) is 0.330. The van der Waals surface area contributed by atoms with Crippen LogP contribution in [0.2, 0.25) is 0 Å². The Morgan fingerprint density at radius 2 is 1.34 bits per heavy atom. The highest BCUT2D eigenvalue weighted by atomic mass is 16.1. The van der Waals surface area contributed by atoms with Crippen LogP contribution in [-0.2, 0) is 22.6 Å². The zero-order valence-corrected chi connectivity index (χ0v) is 22.5. The molecule has 1 amide bonds. The van der Waals surface area contributed by atoms with E-state index in [4.69, 9.17) is 0 Å². The van der Waals surface area contributed by atoms with Crippen molar-refractivity contribution >= 4 is 11.7 Å². The number of fused-ring (bicyclic) bond motifs is 2. The predicted molar refractivity (Wildman–Crippen MR) is 155 cm³/mol. The standard InChI is InChI=1S/C35H41NO2/c1-5-24-15-25(6-2)31-18-28(17-30(24)31)34(37)13-12-22-10-9-11-23(14-22)21-36-35(38)29-19-32-26(7-3)16-27(8-4)33(32)20-29/h5-11,14,17,19,24-27,30-33H,1-4,12-13,15-16,18,20-21H2,(H,36,38). The molecule has 3 nitrogen and oxygen atoms in total. The van der Waals surface area contributed by atoms with Crippen LogP contribution < -0.4 is 5.32 Å². The van der Waals surface area contributed by atoms with Gasteiger partial charge in [-0.1, -0.05) is 60.7 Å². The SMILES string of the molecule is C=CC1CC(C=C)C2CC(C(=O)CCc3cccc(CNC(=O)C4=CC5C(C=C)CC(C=C)C5C4)c3)=CC12. The Hall–Kier alpha value is -3.20. The average Bonchev–Trinajstić information content (AvgIpc) is 3.70. The summed E-state index contributed by atoms with van der Waals surface area (Å²) in [5.41, 5.74) is 4.09.